The summed E-state index contributed by atoms with van der Waals surface area (Å²) in [6.45, 7) is 2.17. The minimum absolute atomic E-state index is 0. The first-order valence-electron chi connectivity index (χ1n) is 1.86. The molecule has 0 aliphatic carbocycles. The average Bonchev–Trinajstić information content (AvgIpc) is 1.25. The van der Waals surface area contributed by atoms with Gasteiger partial charge in [0, 0.05) is 47.7 Å². The third-order valence-electron chi connectivity index (χ3n) is 0. The molecule has 0 saturated heterocycles. The molecule has 4 nitrogen and oxygen atoms in total. The first-order valence-corrected chi connectivity index (χ1v) is 1.86. The molecular formula is C4H8CoMnO4. The zero-order valence-corrected chi connectivity index (χ0v) is 7.64. The summed E-state index contributed by atoms with van der Waals surface area (Å²) in [5.74, 6) is -1.67. The van der Waals surface area contributed by atoms with Gasteiger partial charge in [0.1, 0.15) is 0 Å². The van der Waals surface area contributed by atoms with Crippen molar-refractivity contribution < 1.29 is 53.6 Å². The Morgan fingerprint density at radius 2 is 1.00 bits per heavy atom. The van der Waals surface area contributed by atoms with Crippen molar-refractivity contribution in [3.63, 3.8) is 0 Å². The van der Waals surface area contributed by atoms with E-state index in [2.05, 4.69) is 0 Å². The molecule has 0 aliphatic heterocycles. The van der Waals surface area contributed by atoms with E-state index in [1.165, 1.54) is 0 Å². The molecule has 0 spiro atoms. The molecule has 0 rings (SSSR count). The van der Waals surface area contributed by atoms with E-state index < -0.39 is 11.9 Å². The topological polar surface area (TPSA) is 74.6 Å². The number of rotatable bonds is 0. The fourth-order valence-electron chi connectivity index (χ4n) is 0. The first kappa shape index (κ1) is 22.5. The summed E-state index contributed by atoms with van der Waals surface area (Å²) < 4.78 is 0. The number of aliphatic carboxylic acids is 2. The van der Waals surface area contributed by atoms with Gasteiger partial charge in [0.25, 0.3) is 11.9 Å². The number of hydrogen-bond acceptors (Lipinski definition) is 2. The van der Waals surface area contributed by atoms with Gasteiger partial charge in [-0.05, 0) is 0 Å². The molecule has 2 radical (unpaired) electrons. The Bertz CT molecular complexity index is 75.3. The van der Waals surface area contributed by atoms with Crippen LogP contribution in [0.3, 0.4) is 0 Å². The van der Waals surface area contributed by atoms with Gasteiger partial charge in [0.15, 0.2) is 0 Å². The average molecular weight is 234 g/mol. The minimum Gasteiger partial charge on any atom is -0.481 e. The van der Waals surface area contributed by atoms with Gasteiger partial charge in [0.2, 0.25) is 0 Å². The van der Waals surface area contributed by atoms with E-state index in [9.17, 15) is 0 Å². The standard InChI is InChI=1S/2C2H4O2.Co.Mn/c2*1-2(3)4;;/h2*1H3,(H,3,4);;. The Morgan fingerprint density at radius 3 is 1.00 bits per heavy atom. The molecule has 0 amide bonds. The third-order valence-corrected chi connectivity index (χ3v) is 0. The monoisotopic (exact) mass is 234 g/mol. The van der Waals surface area contributed by atoms with Crippen molar-refractivity contribution >= 4 is 11.9 Å². The fourth-order valence-corrected chi connectivity index (χ4v) is 0. The predicted octanol–water partition coefficient (Wildman–Crippen LogP) is 0.177. The maximum atomic E-state index is 9.00. The Kier molecular flexibility index (Phi) is 36.0. The van der Waals surface area contributed by atoms with Crippen LogP contribution in [0.2, 0.25) is 0 Å². The Labute approximate surface area is 79.7 Å². The maximum Gasteiger partial charge on any atom is 0.300 e. The number of carboxylic acids is 2. The predicted molar refractivity (Wildman–Crippen MR) is 26.6 cm³/mol. The summed E-state index contributed by atoms with van der Waals surface area (Å²) in [4.78, 5) is 18.0. The molecule has 0 aromatic heterocycles. The van der Waals surface area contributed by atoms with E-state index in [1.54, 1.807) is 0 Å². The fraction of sp³-hybridized carbons (Fsp3) is 0.500. The summed E-state index contributed by atoms with van der Waals surface area (Å²) >= 11 is 0. The van der Waals surface area contributed by atoms with Crippen LogP contribution in [0.25, 0.3) is 0 Å². The zero-order chi connectivity index (χ0) is 7.15. The van der Waals surface area contributed by atoms with Gasteiger partial charge in [-0.1, -0.05) is 0 Å². The van der Waals surface area contributed by atoms with Gasteiger partial charge >= 0.3 is 0 Å². The maximum absolute atomic E-state index is 9.00. The molecule has 0 atom stereocenters. The molecule has 6 heteroatoms. The molecule has 0 heterocycles. The van der Waals surface area contributed by atoms with Crippen LogP contribution in [0.1, 0.15) is 13.8 Å². The van der Waals surface area contributed by atoms with Crippen LogP contribution < -0.4 is 0 Å². The summed E-state index contributed by atoms with van der Waals surface area (Å²) in [6, 6.07) is 0. The van der Waals surface area contributed by atoms with Crippen LogP contribution in [0, 0.1) is 0 Å². The van der Waals surface area contributed by atoms with E-state index >= 15 is 0 Å². The Balaban J connectivity index is -0.0000000300. The van der Waals surface area contributed by atoms with Crippen LogP contribution in [0.15, 0.2) is 0 Å². The van der Waals surface area contributed by atoms with Crippen LogP contribution in [-0.4, -0.2) is 22.2 Å². The SMILES string of the molecule is CC(=O)O.CC(=O)O.[Co].[Mn]. The van der Waals surface area contributed by atoms with E-state index in [4.69, 9.17) is 19.8 Å². The van der Waals surface area contributed by atoms with Gasteiger partial charge in [-0.15, -0.1) is 0 Å². The largest absolute Gasteiger partial charge is 0.481 e. The summed E-state index contributed by atoms with van der Waals surface area (Å²) in [6.07, 6.45) is 0. The van der Waals surface area contributed by atoms with Gasteiger partial charge < -0.3 is 10.2 Å². The number of carbonyl (C=O) groups is 2. The van der Waals surface area contributed by atoms with Crippen LogP contribution in [0.5, 0.6) is 0 Å². The molecule has 0 aromatic carbocycles. The molecule has 0 aliphatic rings. The quantitative estimate of drug-likeness (QED) is 0.586. The van der Waals surface area contributed by atoms with Crippen molar-refractivity contribution in [3.8, 4) is 0 Å². The van der Waals surface area contributed by atoms with E-state index in [0.717, 1.165) is 13.8 Å². The molecule has 0 bridgehead atoms. The smallest absolute Gasteiger partial charge is 0.300 e. The molecule has 0 aromatic rings. The molecule has 0 unspecified atom stereocenters. The number of hydrogen-bond donors (Lipinski definition) is 2. The Morgan fingerprint density at radius 1 is 1.00 bits per heavy atom. The van der Waals surface area contributed by atoms with Crippen LogP contribution in [-0.2, 0) is 43.4 Å². The second-order valence-corrected chi connectivity index (χ2v) is 1.04. The van der Waals surface area contributed by atoms with Gasteiger partial charge in [-0.3, -0.25) is 9.59 Å². The molecule has 0 fully saturated rings. The van der Waals surface area contributed by atoms with Crippen molar-refractivity contribution in [2.75, 3.05) is 0 Å². The van der Waals surface area contributed by atoms with E-state index in [1.807, 2.05) is 0 Å². The van der Waals surface area contributed by atoms with Gasteiger partial charge in [-0.2, -0.15) is 0 Å². The summed E-state index contributed by atoms with van der Waals surface area (Å²) in [5, 5.41) is 14.8. The summed E-state index contributed by atoms with van der Waals surface area (Å²) in [5.41, 5.74) is 0. The van der Waals surface area contributed by atoms with E-state index in [-0.39, 0.29) is 33.8 Å². The molecule has 0 saturated carbocycles. The molecular weight excluding hydrogens is 226 g/mol. The van der Waals surface area contributed by atoms with Crippen molar-refractivity contribution in [2.24, 2.45) is 0 Å². The van der Waals surface area contributed by atoms with Crippen LogP contribution in [0.4, 0.5) is 0 Å². The summed E-state index contributed by atoms with van der Waals surface area (Å²) in [7, 11) is 0. The minimum atomic E-state index is -0.833. The Hall–Kier alpha value is -0.0340. The van der Waals surface area contributed by atoms with E-state index in [0.29, 0.717) is 0 Å². The van der Waals surface area contributed by atoms with Crippen molar-refractivity contribution in [1.82, 2.24) is 0 Å². The second-order valence-electron chi connectivity index (χ2n) is 1.04. The zero-order valence-electron chi connectivity index (χ0n) is 5.42. The van der Waals surface area contributed by atoms with Crippen LogP contribution >= 0.6 is 0 Å². The van der Waals surface area contributed by atoms with Gasteiger partial charge in [-0.25, -0.2) is 0 Å². The second kappa shape index (κ2) is 16.0. The van der Waals surface area contributed by atoms with Crippen molar-refractivity contribution in [2.45, 2.75) is 13.8 Å². The third kappa shape index (κ3) is 334000. The molecule has 64 valence electrons. The van der Waals surface area contributed by atoms with Gasteiger partial charge in [0.05, 0.1) is 0 Å². The normalized spacial score (nSPS) is 5.00. The molecule has 2 N–H and O–H groups in total. The van der Waals surface area contributed by atoms with Crippen molar-refractivity contribution in [1.29, 1.82) is 0 Å². The first-order chi connectivity index (χ1) is 3.46. The van der Waals surface area contributed by atoms with Crippen molar-refractivity contribution in [3.05, 3.63) is 0 Å². The molecule has 10 heavy (non-hydrogen) atoms. The number of carboxylic acid groups (broad SMARTS) is 2.